The second-order valence-electron chi connectivity index (χ2n) is 18.1. The van der Waals surface area contributed by atoms with Crippen molar-refractivity contribution in [2.75, 3.05) is 18.0 Å². The lowest BCUT2D eigenvalue weighted by Gasteiger charge is -2.27. The van der Waals surface area contributed by atoms with E-state index in [4.69, 9.17) is 11.6 Å². The Labute approximate surface area is 350 Å². The van der Waals surface area contributed by atoms with E-state index in [2.05, 4.69) is 148 Å². The first-order chi connectivity index (χ1) is 27.7. The van der Waals surface area contributed by atoms with Gasteiger partial charge >= 0.3 is 0 Å². The fourth-order valence-electron chi connectivity index (χ4n) is 10.2. The van der Waals surface area contributed by atoms with Gasteiger partial charge < -0.3 is 4.90 Å². The molecule has 300 valence electrons. The van der Waals surface area contributed by atoms with Crippen LogP contribution in [0.2, 0.25) is 0 Å². The lowest BCUT2D eigenvalue weighted by atomic mass is 9.78. The van der Waals surface area contributed by atoms with Crippen molar-refractivity contribution in [1.29, 1.82) is 0 Å². The van der Waals surface area contributed by atoms with E-state index in [-0.39, 0.29) is 10.8 Å². The molecule has 4 aromatic rings. The molecule has 3 aliphatic rings. The van der Waals surface area contributed by atoms with Gasteiger partial charge in [-0.3, -0.25) is 0 Å². The van der Waals surface area contributed by atoms with E-state index >= 15 is 0 Å². The van der Waals surface area contributed by atoms with Crippen LogP contribution in [-0.2, 0) is 10.8 Å². The maximum Gasteiger partial charge on any atom is 0.210 e. The molecule has 57 heavy (non-hydrogen) atoms. The zero-order valence-electron chi connectivity index (χ0n) is 36.0. The van der Waals surface area contributed by atoms with Gasteiger partial charge in [0, 0.05) is 52.5 Å². The number of hydrogen-bond donors (Lipinski definition) is 0. The predicted molar refractivity (Wildman–Crippen MR) is 250 cm³/mol. The van der Waals surface area contributed by atoms with Gasteiger partial charge in [-0.1, -0.05) is 164 Å². The molecule has 4 aromatic carbocycles. The van der Waals surface area contributed by atoms with Crippen molar-refractivity contribution in [3.05, 3.63) is 130 Å². The second kappa shape index (κ2) is 18.4. The average Bonchev–Trinajstić information content (AvgIpc) is 3.57. The number of hydrogen-bond acceptors (Lipinski definition) is 1. The Kier molecular flexibility index (Phi) is 13.3. The molecule has 2 aliphatic heterocycles. The molecule has 0 unspecified atom stereocenters. The molecule has 7 rings (SSSR count). The highest BCUT2D eigenvalue weighted by molar-refractivity contribution is 6.32. The molecule has 0 N–H and O–H groups in total. The molecule has 0 saturated heterocycles. The van der Waals surface area contributed by atoms with Crippen molar-refractivity contribution in [2.45, 2.75) is 149 Å². The summed E-state index contributed by atoms with van der Waals surface area (Å²) in [4.78, 5) is 2.64. The van der Waals surface area contributed by atoms with Gasteiger partial charge in [-0.05, 0) is 102 Å². The fraction of sp³-hybridized carbons (Fsp3) is 0.463. The Morgan fingerprint density at radius 3 is 1.95 bits per heavy atom. The lowest BCUT2D eigenvalue weighted by molar-refractivity contribution is -0.438. The first kappa shape index (κ1) is 41.3. The van der Waals surface area contributed by atoms with Crippen LogP contribution in [0.1, 0.15) is 149 Å². The molecule has 0 saturated carbocycles. The van der Waals surface area contributed by atoms with Crippen molar-refractivity contribution in [3.8, 4) is 0 Å². The number of nitrogens with zero attached hydrogens (tertiary/aromatic N) is 2. The van der Waals surface area contributed by atoms with Gasteiger partial charge in [-0.2, -0.15) is 4.58 Å². The summed E-state index contributed by atoms with van der Waals surface area (Å²) in [6, 6.07) is 27.3. The molecular weight excluding hydrogens is 712 g/mol. The first-order valence-electron chi connectivity index (χ1n) is 22.6. The maximum absolute atomic E-state index is 7.45. The minimum atomic E-state index is -0.119. The quantitative estimate of drug-likeness (QED) is 0.0764. The summed E-state index contributed by atoms with van der Waals surface area (Å²) in [6.45, 7) is 16.4. The Bertz CT molecular complexity index is 2220. The summed E-state index contributed by atoms with van der Waals surface area (Å²) < 4.78 is 2.64. The number of anilines is 1. The van der Waals surface area contributed by atoms with E-state index in [9.17, 15) is 0 Å². The minimum Gasteiger partial charge on any atom is -0.344 e. The number of rotatable bonds is 17. The van der Waals surface area contributed by atoms with Gasteiger partial charge in [-0.15, -0.1) is 0 Å². The van der Waals surface area contributed by atoms with Crippen LogP contribution in [0.15, 0.2) is 119 Å². The Morgan fingerprint density at radius 1 is 0.632 bits per heavy atom. The molecule has 2 nitrogen and oxygen atoms in total. The number of allylic oxidation sites excluding steroid dienone is 8. The van der Waals surface area contributed by atoms with Crippen molar-refractivity contribution < 1.29 is 4.58 Å². The van der Waals surface area contributed by atoms with Crippen LogP contribution < -0.4 is 4.90 Å². The van der Waals surface area contributed by atoms with Crippen LogP contribution in [0.3, 0.4) is 0 Å². The molecule has 0 amide bonds. The van der Waals surface area contributed by atoms with Crippen LogP contribution in [0, 0.1) is 0 Å². The van der Waals surface area contributed by atoms with Crippen molar-refractivity contribution in [1.82, 2.24) is 0 Å². The molecule has 2 heterocycles. The number of fused-ring (bicyclic) bond motifs is 6. The third kappa shape index (κ3) is 8.50. The second-order valence-corrected chi connectivity index (χ2v) is 18.5. The van der Waals surface area contributed by atoms with Crippen LogP contribution in [-0.4, -0.2) is 23.4 Å². The van der Waals surface area contributed by atoms with E-state index in [0.717, 1.165) is 37.4 Å². The largest absolute Gasteiger partial charge is 0.344 e. The third-order valence-electron chi connectivity index (χ3n) is 13.3. The SMILES string of the molecule is CCCCCCCCN1C(=CC=C2CCCC(C=CC3=[N+](CCCCCCCC)c4ccc5ccccc5c4C3(C)C)=C2Cl)C(C)(C)c2c1ccc1ccccc21. The Balaban J connectivity index is 1.20. The summed E-state index contributed by atoms with van der Waals surface area (Å²) >= 11 is 7.45. The van der Waals surface area contributed by atoms with E-state index in [1.54, 1.807) is 0 Å². The highest BCUT2D eigenvalue weighted by atomic mass is 35.5. The van der Waals surface area contributed by atoms with Gasteiger partial charge in [0.25, 0.3) is 0 Å². The number of benzene rings is 4. The van der Waals surface area contributed by atoms with Gasteiger partial charge in [0.15, 0.2) is 5.71 Å². The average molecular weight is 781 g/mol. The van der Waals surface area contributed by atoms with Gasteiger partial charge in [0.1, 0.15) is 6.54 Å². The molecular formula is C54H68ClN2+. The molecule has 1 aliphatic carbocycles. The highest BCUT2D eigenvalue weighted by Gasteiger charge is 2.45. The Hall–Kier alpha value is -3.88. The lowest BCUT2D eigenvalue weighted by Crippen LogP contribution is -2.28. The Morgan fingerprint density at radius 2 is 1.25 bits per heavy atom. The van der Waals surface area contributed by atoms with Crippen LogP contribution in [0.5, 0.6) is 0 Å². The molecule has 0 bridgehead atoms. The van der Waals surface area contributed by atoms with Gasteiger partial charge in [-0.25, -0.2) is 0 Å². The summed E-state index contributed by atoms with van der Waals surface area (Å²) in [7, 11) is 0. The molecule has 0 spiro atoms. The normalized spacial score (nSPS) is 19.0. The molecule has 0 atom stereocenters. The van der Waals surface area contributed by atoms with Crippen molar-refractivity contribution in [2.24, 2.45) is 0 Å². The number of unbranched alkanes of at least 4 members (excludes halogenated alkanes) is 10. The molecule has 0 aromatic heterocycles. The topological polar surface area (TPSA) is 6.25 Å². The molecule has 3 heteroatoms. The highest BCUT2D eigenvalue weighted by Crippen LogP contribution is 2.51. The summed E-state index contributed by atoms with van der Waals surface area (Å²) in [5, 5.41) is 6.34. The van der Waals surface area contributed by atoms with Crippen LogP contribution in [0.25, 0.3) is 21.5 Å². The van der Waals surface area contributed by atoms with Gasteiger partial charge in [0.05, 0.1) is 5.41 Å². The number of halogens is 1. The minimum absolute atomic E-state index is 0.119. The van der Waals surface area contributed by atoms with Crippen molar-refractivity contribution >= 4 is 50.2 Å². The zero-order valence-corrected chi connectivity index (χ0v) is 36.8. The standard InChI is InChI=1S/C54H68ClN2/c1-7-9-11-13-15-21-38-56-46-34-30-40-24-17-19-28-44(40)50(46)53(3,4)48(56)36-32-42-26-23-27-43(52(42)55)33-37-49-54(5,6)51-45-29-20-18-25-41(45)31-35-47(51)57(49)39-22-16-14-12-10-8-2/h17-20,24-25,28-37H,7-16,21-23,26-27,38-39H2,1-6H3/q+1. The summed E-state index contributed by atoms with van der Waals surface area (Å²) in [6.07, 6.45) is 28.3. The van der Waals surface area contributed by atoms with Crippen LogP contribution >= 0.6 is 11.6 Å². The fourth-order valence-corrected chi connectivity index (χ4v) is 10.5. The van der Waals surface area contributed by atoms with E-state index in [1.165, 1.54) is 144 Å². The first-order valence-corrected chi connectivity index (χ1v) is 23.0. The maximum atomic E-state index is 7.45. The van der Waals surface area contributed by atoms with E-state index < -0.39 is 0 Å². The summed E-state index contributed by atoms with van der Waals surface area (Å²) in [5.41, 5.74) is 10.7. The van der Waals surface area contributed by atoms with Gasteiger partial charge in [0.2, 0.25) is 5.69 Å². The molecule has 0 radical (unpaired) electrons. The monoisotopic (exact) mass is 780 g/mol. The van der Waals surface area contributed by atoms with Crippen LogP contribution in [0.4, 0.5) is 11.4 Å². The predicted octanol–water partition coefficient (Wildman–Crippen LogP) is 15.9. The smallest absolute Gasteiger partial charge is 0.210 e. The molecule has 0 fully saturated rings. The van der Waals surface area contributed by atoms with Crippen molar-refractivity contribution in [3.63, 3.8) is 0 Å². The van der Waals surface area contributed by atoms with E-state index in [0.29, 0.717) is 0 Å². The zero-order chi connectivity index (χ0) is 40.0. The third-order valence-corrected chi connectivity index (χ3v) is 13.8. The van der Waals surface area contributed by atoms with E-state index in [1.807, 2.05) is 0 Å². The summed E-state index contributed by atoms with van der Waals surface area (Å²) in [5.74, 6) is 0.